The van der Waals surface area contributed by atoms with E-state index in [4.69, 9.17) is 5.11 Å². The van der Waals surface area contributed by atoms with Crippen LogP contribution in [0.3, 0.4) is 0 Å². The van der Waals surface area contributed by atoms with Crippen molar-refractivity contribution in [2.75, 3.05) is 19.7 Å². The zero-order valence-corrected chi connectivity index (χ0v) is 13.0. The van der Waals surface area contributed by atoms with Crippen LogP contribution in [0.5, 0.6) is 0 Å². The van der Waals surface area contributed by atoms with Crippen LogP contribution in [0.15, 0.2) is 16.3 Å². The smallest absolute Gasteiger partial charge is 0.252 e. The highest BCUT2D eigenvalue weighted by molar-refractivity contribution is 7.91. The van der Waals surface area contributed by atoms with Gasteiger partial charge in [0, 0.05) is 31.0 Å². The van der Waals surface area contributed by atoms with Crippen LogP contribution in [0.2, 0.25) is 0 Å². The number of rotatable bonds is 4. The summed E-state index contributed by atoms with van der Waals surface area (Å²) < 4.78 is 27.1. The lowest BCUT2D eigenvalue weighted by Crippen LogP contribution is -2.41. The Morgan fingerprint density at radius 2 is 2.11 bits per heavy atom. The molecule has 0 amide bonds. The van der Waals surface area contributed by atoms with Gasteiger partial charge in [0.15, 0.2) is 0 Å². The fraction of sp³-hybridized carbons (Fsp3) is 0.692. The fourth-order valence-corrected chi connectivity index (χ4v) is 5.37. The Hall–Kier alpha value is -0.430. The Morgan fingerprint density at radius 3 is 2.74 bits per heavy atom. The summed E-state index contributed by atoms with van der Waals surface area (Å²) in [5.74, 6) is 0.986. The van der Waals surface area contributed by atoms with Gasteiger partial charge in [0.05, 0.1) is 0 Å². The normalized spacial score (nSPS) is 25.6. The molecule has 1 aliphatic heterocycles. The Labute approximate surface area is 119 Å². The van der Waals surface area contributed by atoms with Crippen LogP contribution < -0.4 is 0 Å². The second-order valence-corrected chi connectivity index (χ2v) is 8.63. The lowest BCUT2D eigenvalue weighted by Gasteiger charge is -2.34. The van der Waals surface area contributed by atoms with Crippen molar-refractivity contribution in [2.24, 2.45) is 11.8 Å². The molecular formula is C13H21NO3S2. The second kappa shape index (κ2) is 5.91. The van der Waals surface area contributed by atoms with Gasteiger partial charge in [0.25, 0.3) is 10.0 Å². The van der Waals surface area contributed by atoms with E-state index in [1.54, 1.807) is 16.4 Å². The molecule has 4 nitrogen and oxygen atoms in total. The third kappa shape index (κ3) is 3.18. The van der Waals surface area contributed by atoms with Crippen molar-refractivity contribution < 1.29 is 13.5 Å². The van der Waals surface area contributed by atoms with Crippen molar-refractivity contribution in [3.8, 4) is 0 Å². The van der Waals surface area contributed by atoms with Crippen molar-refractivity contribution in [3.05, 3.63) is 17.0 Å². The Balaban J connectivity index is 2.17. The lowest BCUT2D eigenvalue weighted by molar-refractivity contribution is 0.213. The van der Waals surface area contributed by atoms with Crippen LogP contribution in [0, 0.1) is 11.8 Å². The third-order valence-corrected chi connectivity index (χ3v) is 7.36. The summed E-state index contributed by atoms with van der Waals surface area (Å²) in [6, 6.07) is 3.46. The monoisotopic (exact) mass is 303 g/mol. The van der Waals surface area contributed by atoms with Gasteiger partial charge in [0.1, 0.15) is 4.21 Å². The van der Waals surface area contributed by atoms with Crippen molar-refractivity contribution >= 4 is 21.4 Å². The maximum atomic E-state index is 12.5. The van der Waals surface area contributed by atoms with E-state index in [2.05, 4.69) is 13.8 Å². The predicted molar refractivity (Wildman–Crippen MR) is 76.8 cm³/mol. The number of hydrogen-bond donors (Lipinski definition) is 1. The molecule has 2 rings (SSSR count). The van der Waals surface area contributed by atoms with Crippen LogP contribution in [-0.2, 0) is 16.4 Å². The lowest BCUT2D eigenvalue weighted by atomic mass is 9.90. The standard InChI is InChI=1S/C13H21NO3S2/c1-10-5-7-14(9-11(10)2)19(16,17)13-4-3-12(18-13)6-8-15/h3-4,10-11,15H,5-9H2,1-2H3. The van der Waals surface area contributed by atoms with Gasteiger partial charge < -0.3 is 5.11 Å². The molecule has 0 bridgehead atoms. The van der Waals surface area contributed by atoms with Gasteiger partial charge in [-0.15, -0.1) is 11.3 Å². The Morgan fingerprint density at radius 1 is 1.37 bits per heavy atom. The third-order valence-electron chi connectivity index (χ3n) is 3.89. The summed E-state index contributed by atoms with van der Waals surface area (Å²) in [4.78, 5) is 0.916. The largest absolute Gasteiger partial charge is 0.396 e. The molecule has 1 saturated heterocycles. The molecule has 108 valence electrons. The van der Waals surface area contributed by atoms with Gasteiger partial charge in [0.2, 0.25) is 0 Å². The van der Waals surface area contributed by atoms with E-state index >= 15 is 0 Å². The summed E-state index contributed by atoms with van der Waals surface area (Å²) in [6.07, 6.45) is 1.45. The molecule has 0 spiro atoms. The molecule has 19 heavy (non-hydrogen) atoms. The molecule has 1 fully saturated rings. The van der Waals surface area contributed by atoms with Crippen molar-refractivity contribution in [2.45, 2.75) is 30.9 Å². The highest BCUT2D eigenvalue weighted by atomic mass is 32.2. The van der Waals surface area contributed by atoms with E-state index in [1.807, 2.05) is 0 Å². The maximum Gasteiger partial charge on any atom is 0.252 e. The number of hydrogen-bond acceptors (Lipinski definition) is 4. The molecule has 0 aromatic carbocycles. The second-order valence-electron chi connectivity index (χ2n) is 5.30. The van der Waals surface area contributed by atoms with Gasteiger partial charge in [-0.25, -0.2) is 8.42 Å². The van der Waals surface area contributed by atoms with Gasteiger partial charge >= 0.3 is 0 Å². The summed E-state index contributed by atoms with van der Waals surface area (Å²) in [7, 11) is -3.35. The topological polar surface area (TPSA) is 57.6 Å². The zero-order valence-electron chi connectivity index (χ0n) is 11.4. The molecule has 2 unspecified atom stereocenters. The molecule has 0 radical (unpaired) electrons. The summed E-state index contributed by atoms with van der Waals surface area (Å²) >= 11 is 1.27. The minimum absolute atomic E-state index is 0.0538. The van der Waals surface area contributed by atoms with Crippen LogP contribution >= 0.6 is 11.3 Å². The highest BCUT2D eigenvalue weighted by Gasteiger charge is 2.32. The number of nitrogens with zero attached hydrogens (tertiary/aromatic N) is 1. The first kappa shape index (κ1) is 15.0. The minimum Gasteiger partial charge on any atom is -0.396 e. The fourth-order valence-electron chi connectivity index (χ4n) is 2.31. The molecule has 0 aliphatic carbocycles. The van der Waals surface area contributed by atoms with E-state index in [1.165, 1.54) is 11.3 Å². The molecule has 2 heterocycles. The Bertz CT molecular complexity index is 524. The summed E-state index contributed by atoms with van der Waals surface area (Å²) in [5, 5.41) is 8.89. The van der Waals surface area contributed by atoms with Crippen LogP contribution in [0.4, 0.5) is 0 Å². The molecule has 0 saturated carbocycles. The predicted octanol–water partition coefficient (Wildman–Crippen LogP) is 1.95. The van der Waals surface area contributed by atoms with Crippen molar-refractivity contribution in [3.63, 3.8) is 0 Å². The SMILES string of the molecule is CC1CCN(S(=O)(=O)c2ccc(CCO)s2)CC1C. The van der Waals surface area contributed by atoms with E-state index in [-0.39, 0.29) is 6.61 Å². The summed E-state index contributed by atoms with van der Waals surface area (Å²) in [6.45, 7) is 5.56. The first-order chi connectivity index (χ1) is 8.95. The van der Waals surface area contributed by atoms with Crippen LogP contribution in [-0.4, -0.2) is 37.5 Å². The van der Waals surface area contributed by atoms with Crippen molar-refractivity contribution in [1.82, 2.24) is 4.31 Å². The first-order valence-corrected chi connectivity index (χ1v) is 8.90. The zero-order chi connectivity index (χ0) is 14.0. The van der Waals surface area contributed by atoms with Gasteiger partial charge in [-0.1, -0.05) is 13.8 Å². The average Bonchev–Trinajstić information content (AvgIpc) is 2.82. The van der Waals surface area contributed by atoms with Crippen molar-refractivity contribution in [1.29, 1.82) is 0 Å². The molecule has 1 aromatic rings. The van der Waals surface area contributed by atoms with Crippen LogP contribution in [0.25, 0.3) is 0 Å². The van der Waals surface area contributed by atoms with Crippen LogP contribution in [0.1, 0.15) is 25.1 Å². The number of thiophene rings is 1. The number of aliphatic hydroxyl groups is 1. The quantitative estimate of drug-likeness (QED) is 0.925. The average molecular weight is 303 g/mol. The van der Waals surface area contributed by atoms with E-state index in [9.17, 15) is 8.42 Å². The van der Waals surface area contributed by atoms with E-state index in [0.717, 1.165) is 11.3 Å². The Kier molecular flexibility index (Phi) is 4.66. The maximum absolute atomic E-state index is 12.5. The van der Waals surface area contributed by atoms with E-state index < -0.39 is 10.0 Å². The van der Waals surface area contributed by atoms with Gasteiger partial charge in [-0.2, -0.15) is 4.31 Å². The number of piperidine rings is 1. The highest BCUT2D eigenvalue weighted by Crippen LogP contribution is 2.30. The number of sulfonamides is 1. The molecule has 1 N–H and O–H groups in total. The molecule has 6 heteroatoms. The molecule has 2 atom stereocenters. The molecule has 1 aliphatic rings. The van der Waals surface area contributed by atoms with Gasteiger partial charge in [-0.05, 0) is 30.4 Å². The summed E-state index contributed by atoms with van der Waals surface area (Å²) in [5.41, 5.74) is 0. The van der Waals surface area contributed by atoms with Gasteiger partial charge in [-0.3, -0.25) is 0 Å². The first-order valence-electron chi connectivity index (χ1n) is 6.65. The minimum atomic E-state index is -3.35. The van der Waals surface area contributed by atoms with E-state index in [0.29, 0.717) is 35.6 Å². The molecular weight excluding hydrogens is 282 g/mol. The number of aliphatic hydroxyl groups excluding tert-OH is 1. The molecule has 1 aromatic heterocycles.